The Labute approximate surface area is 125 Å². The lowest BCUT2D eigenvalue weighted by molar-refractivity contribution is -0.128. The highest BCUT2D eigenvalue weighted by atomic mass is 19.1. The molecule has 0 saturated heterocycles. The molecule has 1 aromatic rings. The highest BCUT2D eigenvalue weighted by molar-refractivity contribution is 5.87. The fraction of sp³-hybridized carbons (Fsp3) is 0.500. The Kier molecular flexibility index (Phi) is 6.85. The molecular weight excluding hydrogens is 271 g/mol. The Hall–Kier alpha value is -1.91. The molecule has 116 valence electrons. The zero-order chi connectivity index (χ0) is 15.8. The van der Waals surface area contributed by atoms with Crippen LogP contribution in [0.2, 0.25) is 0 Å². The van der Waals surface area contributed by atoms with E-state index in [2.05, 4.69) is 10.6 Å². The van der Waals surface area contributed by atoms with Gasteiger partial charge in [-0.15, -0.1) is 0 Å². The maximum atomic E-state index is 12.9. The number of rotatable bonds is 7. The summed E-state index contributed by atoms with van der Waals surface area (Å²) in [6.07, 6.45) is 1.52. The lowest BCUT2D eigenvalue weighted by atomic mass is 10.0. The van der Waals surface area contributed by atoms with Crippen LogP contribution >= 0.6 is 0 Å². The van der Waals surface area contributed by atoms with Crippen LogP contribution in [-0.2, 0) is 16.0 Å². The Morgan fingerprint density at radius 2 is 1.81 bits per heavy atom. The molecule has 0 aliphatic carbocycles. The van der Waals surface area contributed by atoms with Crippen LogP contribution in [0.4, 0.5) is 4.39 Å². The molecule has 5 heteroatoms. The van der Waals surface area contributed by atoms with E-state index < -0.39 is 6.04 Å². The largest absolute Gasteiger partial charge is 0.357 e. The molecule has 2 N–H and O–H groups in total. The molecule has 0 aromatic heterocycles. The summed E-state index contributed by atoms with van der Waals surface area (Å²) in [5.74, 6) is -0.279. The Morgan fingerprint density at radius 3 is 2.33 bits per heavy atom. The van der Waals surface area contributed by atoms with Gasteiger partial charge in [-0.2, -0.15) is 0 Å². The third kappa shape index (κ3) is 6.38. The third-order valence-electron chi connectivity index (χ3n) is 3.20. The van der Waals surface area contributed by atoms with Crippen molar-refractivity contribution < 1.29 is 14.0 Å². The Balaban J connectivity index is 2.65. The monoisotopic (exact) mass is 294 g/mol. The van der Waals surface area contributed by atoms with E-state index >= 15 is 0 Å². The first-order valence-corrected chi connectivity index (χ1v) is 7.17. The standard InChI is InChI=1S/C16H23FN2O2/c1-11(2)4-9-15(20)19-14(16(21)18-3)10-12-5-7-13(17)8-6-12/h5-8,11,14H,4,9-10H2,1-3H3,(H,18,21)(H,19,20)/t14-/m0/s1. The van der Waals surface area contributed by atoms with E-state index in [1.807, 2.05) is 13.8 Å². The summed E-state index contributed by atoms with van der Waals surface area (Å²) in [6.45, 7) is 4.09. The van der Waals surface area contributed by atoms with Gasteiger partial charge in [0.05, 0.1) is 0 Å². The maximum absolute atomic E-state index is 12.9. The average molecular weight is 294 g/mol. The molecule has 4 nitrogen and oxygen atoms in total. The van der Waals surface area contributed by atoms with Gasteiger partial charge in [0.2, 0.25) is 11.8 Å². The van der Waals surface area contributed by atoms with Crippen molar-refractivity contribution in [3.05, 3.63) is 35.6 Å². The normalized spacial score (nSPS) is 12.0. The second-order valence-electron chi connectivity index (χ2n) is 5.50. The molecule has 0 aliphatic heterocycles. The Bertz CT molecular complexity index is 472. The van der Waals surface area contributed by atoms with Crippen LogP contribution in [0.3, 0.4) is 0 Å². The van der Waals surface area contributed by atoms with E-state index in [9.17, 15) is 14.0 Å². The number of likely N-dealkylation sites (N-methyl/N-ethyl adjacent to an activating group) is 1. The van der Waals surface area contributed by atoms with Gasteiger partial charge in [0.15, 0.2) is 0 Å². The fourth-order valence-electron chi connectivity index (χ4n) is 1.93. The minimum absolute atomic E-state index is 0.139. The van der Waals surface area contributed by atoms with E-state index in [1.165, 1.54) is 19.2 Å². The van der Waals surface area contributed by atoms with Crippen molar-refractivity contribution in [2.45, 2.75) is 39.2 Å². The minimum atomic E-state index is -0.639. The van der Waals surface area contributed by atoms with Crippen LogP contribution in [0.25, 0.3) is 0 Å². The molecule has 1 atom stereocenters. The number of nitrogens with one attached hydrogen (secondary N) is 2. The Morgan fingerprint density at radius 1 is 1.19 bits per heavy atom. The molecule has 0 bridgehead atoms. The quantitative estimate of drug-likeness (QED) is 0.808. The molecular formula is C16H23FN2O2. The predicted molar refractivity (Wildman–Crippen MR) is 80.2 cm³/mol. The lowest BCUT2D eigenvalue weighted by Gasteiger charge is -2.18. The van der Waals surface area contributed by atoms with E-state index in [0.717, 1.165) is 12.0 Å². The van der Waals surface area contributed by atoms with Crippen molar-refractivity contribution in [3.63, 3.8) is 0 Å². The summed E-state index contributed by atoms with van der Waals surface area (Å²) in [4.78, 5) is 23.7. The number of carbonyl (C=O) groups excluding carboxylic acids is 2. The minimum Gasteiger partial charge on any atom is -0.357 e. The van der Waals surface area contributed by atoms with Gasteiger partial charge in [-0.05, 0) is 30.0 Å². The smallest absolute Gasteiger partial charge is 0.242 e. The van der Waals surface area contributed by atoms with Crippen molar-refractivity contribution in [2.24, 2.45) is 5.92 Å². The molecule has 0 spiro atoms. The lowest BCUT2D eigenvalue weighted by Crippen LogP contribution is -2.47. The fourth-order valence-corrected chi connectivity index (χ4v) is 1.93. The van der Waals surface area contributed by atoms with Crippen LogP contribution in [-0.4, -0.2) is 24.9 Å². The van der Waals surface area contributed by atoms with Crippen molar-refractivity contribution in [1.82, 2.24) is 10.6 Å². The molecule has 0 aliphatic rings. The maximum Gasteiger partial charge on any atom is 0.242 e. The number of hydrogen-bond donors (Lipinski definition) is 2. The van der Waals surface area contributed by atoms with Gasteiger partial charge in [-0.25, -0.2) is 4.39 Å². The summed E-state index contributed by atoms with van der Waals surface area (Å²) in [5, 5.41) is 5.28. The van der Waals surface area contributed by atoms with Gasteiger partial charge >= 0.3 is 0 Å². The van der Waals surface area contributed by atoms with Crippen molar-refractivity contribution in [3.8, 4) is 0 Å². The SMILES string of the molecule is CNC(=O)[C@H](Cc1ccc(F)cc1)NC(=O)CCC(C)C. The van der Waals surface area contributed by atoms with Crippen LogP contribution in [0.15, 0.2) is 24.3 Å². The molecule has 21 heavy (non-hydrogen) atoms. The third-order valence-corrected chi connectivity index (χ3v) is 3.20. The van der Waals surface area contributed by atoms with E-state index in [0.29, 0.717) is 18.8 Å². The number of halogens is 1. The summed E-state index contributed by atoms with van der Waals surface area (Å²) in [5.41, 5.74) is 0.800. The van der Waals surface area contributed by atoms with Crippen molar-refractivity contribution in [1.29, 1.82) is 0 Å². The summed E-state index contributed by atoms with van der Waals surface area (Å²) in [7, 11) is 1.53. The number of amides is 2. The van der Waals surface area contributed by atoms with Crippen LogP contribution in [0.5, 0.6) is 0 Å². The number of carbonyl (C=O) groups is 2. The van der Waals surface area contributed by atoms with Gasteiger partial charge in [-0.1, -0.05) is 26.0 Å². The zero-order valence-corrected chi connectivity index (χ0v) is 12.8. The highest BCUT2D eigenvalue weighted by Gasteiger charge is 2.20. The zero-order valence-electron chi connectivity index (χ0n) is 12.8. The first-order valence-electron chi connectivity index (χ1n) is 7.17. The second kappa shape index (κ2) is 8.39. The average Bonchev–Trinajstić information content (AvgIpc) is 2.45. The number of hydrogen-bond acceptors (Lipinski definition) is 2. The first-order chi connectivity index (χ1) is 9.92. The van der Waals surface area contributed by atoms with Crippen molar-refractivity contribution in [2.75, 3.05) is 7.05 Å². The predicted octanol–water partition coefficient (Wildman–Crippen LogP) is 2.04. The molecule has 2 amide bonds. The first kappa shape index (κ1) is 17.1. The highest BCUT2D eigenvalue weighted by Crippen LogP contribution is 2.08. The molecule has 0 radical (unpaired) electrons. The van der Waals surface area contributed by atoms with E-state index in [1.54, 1.807) is 12.1 Å². The van der Waals surface area contributed by atoms with Crippen LogP contribution in [0, 0.1) is 11.7 Å². The van der Waals surface area contributed by atoms with Crippen LogP contribution < -0.4 is 10.6 Å². The molecule has 1 rings (SSSR count). The van der Waals surface area contributed by atoms with Crippen LogP contribution in [0.1, 0.15) is 32.3 Å². The molecule has 0 unspecified atom stereocenters. The van der Waals surface area contributed by atoms with Gasteiger partial charge in [0.1, 0.15) is 11.9 Å². The van der Waals surface area contributed by atoms with Gasteiger partial charge in [0, 0.05) is 19.9 Å². The van der Waals surface area contributed by atoms with Gasteiger partial charge in [-0.3, -0.25) is 9.59 Å². The number of benzene rings is 1. The van der Waals surface area contributed by atoms with E-state index in [-0.39, 0.29) is 17.6 Å². The second-order valence-corrected chi connectivity index (χ2v) is 5.50. The molecule has 0 heterocycles. The molecule has 0 saturated carbocycles. The summed E-state index contributed by atoms with van der Waals surface area (Å²) >= 11 is 0. The van der Waals surface area contributed by atoms with Crippen molar-refractivity contribution >= 4 is 11.8 Å². The molecule has 1 aromatic carbocycles. The summed E-state index contributed by atoms with van der Waals surface area (Å²) < 4.78 is 12.9. The summed E-state index contributed by atoms with van der Waals surface area (Å²) in [6, 6.07) is 5.28. The van der Waals surface area contributed by atoms with Gasteiger partial charge in [0.25, 0.3) is 0 Å². The van der Waals surface area contributed by atoms with Gasteiger partial charge < -0.3 is 10.6 Å². The van der Waals surface area contributed by atoms with E-state index in [4.69, 9.17) is 0 Å². The molecule has 0 fully saturated rings. The topological polar surface area (TPSA) is 58.2 Å².